The van der Waals surface area contributed by atoms with Crippen LogP contribution in [0, 0.1) is 5.82 Å². The van der Waals surface area contributed by atoms with Crippen LogP contribution in [0.3, 0.4) is 0 Å². The van der Waals surface area contributed by atoms with Gasteiger partial charge in [-0.15, -0.1) is 0 Å². The SMILES string of the molecule is C[C@H](N)C(=O)Nc1ccc(F)cc1Nc1ccccn1. The molecule has 1 atom stereocenters. The van der Waals surface area contributed by atoms with Gasteiger partial charge in [0.25, 0.3) is 0 Å². The van der Waals surface area contributed by atoms with Crippen molar-refractivity contribution in [3.05, 3.63) is 48.4 Å². The smallest absolute Gasteiger partial charge is 0.241 e. The molecular formula is C14H15FN4O. The van der Waals surface area contributed by atoms with Crippen LogP contribution in [0.15, 0.2) is 42.6 Å². The van der Waals surface area contributed by atoms with Crippen molar-refractivity contribution in [1.29, 1.82) is 0 Å². The van der Waals surface area contributed by atoms with E-state index in [1.54, 1.807) is 31.3 Å². The van der Waals surface area contributed by atoms with Crippen molar-refractivity contribution in [1.82, 2.24) is 4.98 Å². The van der Waals surface area contributed by atoms with Crippen LogP contribution in [0.2, 0.25) is 0 Å². The summed E-state index contributed by atoms with van der Waals surface area (Å²) in [5, 5.41) is 5.59. The van der Waals surface area contributed by atoms with E-state index < -0.39 is 11.9 Å². The van der Waals surface area contributed by atoms with Gasteiger partial charge in [-0.3, -0.25) is 4.79 Å². The van der Waals surface area contributed by atoms with Crippen LogP contribution < -0.4 is 16.4 Å². The highest BCUT2D eigenvalue weighted by atomic mass is 19.1. The fourth-order valence-corrected chi connectivity index (χ4v) is 1.55. The predicted molar refractivity (Wildman–Crippen MR) is 76.2 cm³/mol. The Hall–Kier alpha value is -2.47. The normalized spacial score (nSPS) is 11.8. The number of hydrogen-bond acceptors (Lipinski definition) is 4. The first-order chi connectivity index (χ1) is 9.56. The van der Waals surface area contributed by atoms with Crippen LogP contribution in [-0.2, 0) is 4.79 Å². The van der Waals surface area contributed by atoms with Gasteiger partial charge in [-0.25, -0.2) is 9.37 Å². The largest absolute Gasteiger partial charge is 0.338 e. The van der Waals surface area contributed by atoms with Crippen LogP contribution in [0.4, 0.5) is 21.6 Å². The molecule has 0 aliphatic rings. The van der Waals surface area contributed by atoms with Crippen molar-refractivity contribution in [3.8, 4) is 0 Å². The lowest BCUT2D eigenvalue weighted by molar-refractivity contribution is -0.117. The Balaban J connectivity index is 2.26. The quantitative estimate of drug-likeness (QED) is 0.799. The third-order valence-corrected chi connectivity index (χ3v) is 2.58. The van der Waals surface area contributed by atoms with Crippen LogP contribution >= 0.6 is 0 Å². The van der Waals surface area contributed by atoms with Gasteiger partial charge in [0.15, 0.2) is 0 Å². The number of benzene rings is 1. The lowest BCUT2D eigenvalue weighted by Gasteiger charge is -2.14. The number of aromatic nitrogens is 1. The Morgan fingerprint density at radius 2 is 2.10 bits per heavy atom. The molecule has 2 rings (SSSR count). The van der Waals surface area contributed by atoms with Crippen LogP contribution in [0.1, 0.15) is 6.92 Å². The molecule has 0 bridgehead atoms. The Morgan fingerprint density at radius 3 is 2.75 bits per heavy atom. The molecule has 0 radical (unpaired) electrons. The fraction of sp³-hybridized carbons (Fsp3) is 0.143. The predicted octanol–water partition coefficient (Wildman–Crippen LogP) is 2.25. The summed E-state index contributed by atoms with van der Waals surface area (Å²) < 4.78 is 13.3. The van der Waals surface area contributed by atoms with Crippen molar-refractivity contribution in [2.75, 3.05) is 10.6 Å². The summed E-state index contributed by atoms with van der Waals surface area (Å²) in [4.78, 5) is 15.7. The third-order valence-electron chi connectivity index (χ3n) is 2.58. The molecule has 104 valence electrons. The summed E-state index contributed by atoms with van der Waals surface area (Å²) in [7, 11) is 0. The van der Waals surface area contributed by atoms with E-state index in [9.17, 15) is 9.18 Å². The van der Waals surface area contributed by atoms with E-state index in [2.05, 4.69) is 15.6 Å². The molecule has 0 saturated heterocycles. The molecule has 0 spiro atoms. The Morgan fingerprint density at radius 1 is 1.30 bits per heavy atom. The first-order valence-corrected chi connectivity index (χ1v) is 6.10. The standard InChI is InChI=1S/C14H15FN4O/c1-9(16)14(20)19-11-6-5-10(15)8-12(11)18-13-4-2-3-7-17-13/h2-9H,16H2,1H3,(H,17,18)(H,19,20)/t9-/m0/s1. The van der Waals surface area contributed by atoms with Crippen molar-refractivity contribution < 1.29 is 9.18 Å². The number of pyridine rings is 1. The maximum absolute atomic E-state index is 13.3. The number of nitrogens with zero attached hydrogens (tertiary/aromatic N) is 1. The zero-order valence-electron chi connectivity index (χ0n) is 10.9. The summed E-state index contributed by atoms with van der Waals surface area (Å²) in [5.74, 6) is -0.211. The zero-order chi connectivity index (χ0) is 14.5. The number of amides is 1. The molecular weight excluding hydrogens is 259 g/mol. The summed E-state index contributed by atoms with van der Waals surface area (Å²) in [6.07, 6.45) is 1.61. The van der Waals surface area contributed by atoms with Crippen molar-refractivity contribution >= 4 is 23.1 Å². The van der Waals surface area contributed by atoms with Crippen LogP contribution in [0.5, 0.6) is 0 Å². The van der Waals surface area contributed by atoms with E-state index in [-0.39, 0.29) is 5.91 Å². The van der Waals surface area contributed by atoms with Gasteiger partial charge < -0.3 is 16.4 Å². The monoisotopic (exact) mass is 274 g/mol. The van der Waals surface area contributed by atoms with Gasteiger partial charge in [-0.05, 0) is 37.3 Å². The minimum Gasteiger partial charge on any atom is -0.338 e. The molecule has 0 aliphatic heterocycles. The van der Waals surface area contributed by atoms with Crippen molar-refractivity contribution in [3.63, 3.8) is 0 Å². The summed E-state index contributed by atoms with van der Waals surface area (Å²) in [6, 6.07) is 8.68. The molecule has 1 heterocycles. The first-order valence-electron chi connectivity index (χ1n) is 6.10. The van der Waals surface area contributed by atoms with E-state index in [4.69, 9.17) is 5.73 Å². The van der Waals surface area contributed by atoms with Gasteiger partial charge >= 0.3 is 0 Å². The maximum atomic E-state index is 13.3. The molecule has 0 fully saturated rings. The lowest BCUT2D eigenvalue weighted by atomic mass is 10.2. The van der Waals surface area contributed by atoms with Gasteiger partial charge in [-0.2, -0.15) is 0 Å². The number of nitrogens with two attached hydrogens (primary N) is 1. The minimum absolute atomic E-state index is 0.347. The van der Waals surface area contributed by atoms with Gasteiger partial charge in [0.1, 0.15) is 11.6 Å². The van der Waals surface area contributed by atoms with E-state index in [1.807, 2.05) is 0 Å². The van der Waals surface area contributed by atoms with E-state index in [1.165, 1.54) is 18.2 Å². The molecule has 4 N–H and O–H groups in total. The maximum Gasteiger partial charge on any atom is 0.241 e. The van der Waals surface area contributed by atoms with Crippen LogP contribution in [-0.4, -0.2) is 16.9 Å². The summed E-state index contributed by atoms with van der Waals surface area (Å²) >= 11 is 0. The molecule has 5 nitrogen and oxygen atoms in total. The van der Waals surface area contributed by atoms with E-state index in [0.29, 0.717) is 17.2 Å². The van der Waals surface area contributed by atoms with Crippen molar-refractivity contribution in [2.45, 2.75) is 13.0 Å². The molecule has 20 heavy (non-hydrogen) atoms. The Kier molecular flexibility index (Phi) is 4.27. The molecule has 0 saturated carbocycles. The number of rotatable bonds is 4. The number of nitrogens with one attached hydrogen (secondary N) is 2. The number of halogens is 1. The second kappa shape index (κ2) is 6.12. The molecule has 1 amide bonds. The minimum atomic E-state index is -0.650. The lowest BCUT2D eigenvalue weighted by Crippen LogP contribution is -2.32. The molecule has 6 heteroatoms. The second-order valence-electron chi connectivity index (χ2n) is 4.31. The number of anilines is 3. The molecule has 0 unspecified atom stereocenters. The Labute approximate surface area is 116 Å². The molecule has 1 aromatic heterocycles. The molecule has 0 aliphatic carbocycles. The highest BCUT2D eigenvalue weighted by molar-refractivity contribution is 5.97. The molecule has 2 aromatic rings. The van der Waals surface area contributed by atoms with Gasteiger partial charge in [0.05, 0.1) is 17.4 Å². The summed E-state index contributed by atoms with van der Waals surface area (Å²) in [5.41, 5.74) is 6.36. The van der Waals surface area contributed by atoms with Crippen LogP contribution in [0.25, 0.3) is 0 Å². The van der Waals surface area contributed by atoms with Gasteiger partial charge in [0.2, 0.25) is 5.91 Å². The fourth-order valence-electron chi connectivity index (χ4n) is 1.55. The Bertz CT molecular complexity index is 601. The van der Waals surface area contributed by atoms with Crippen molar-refractivity contribution in [2.24, 2.45) is 5.73 Å². The average Bonchev–Trinajstić information content (AvgIpc) is 2.42. The summed E-state index contributed by atoms with van der Waals surface area (Å²) in [6.45, 7) is 1.57. The number of carbonyl (C=O) groups excluding carboxylic acids is 1. The number of hydrogen-bond donors (Lipinski definition) is 3. The third kappa shape index (κ3) is 3.52. The van der Waals surface area contributed by atoms with Gasteiger partial charge in [-0.1, -0.05) is 6.07 Å². The zero-order valence-corrected chi connectivity index (χ0v) is 10.9. The topological polar surface area (TPSA) is 80.0 Å². The first kappa shape index (κ1) is 14.0. The van der Waals surface area contributed by atoms with Gasteiger partial charge in [0, 0.05) is 6.20 Å². The van der Waals surface area contributed by atoms with E-state index >= 15 is 0 Å². The number of carbonyl (C=O) groups is 1. The second-order valence-corrected chi connectivity index (χ2v) is 4.31. The average molecular weight is 274 g/mol. The molecule has 1 aromatic carbocycles. The van der Waals surface area contributed by atoms with E-state index in [0.717, 1.165) is 0 Å². The highest BCUT2D eigenvalue weighted by Crippen LogP contribution is 2.25. The highest BCUT2D eigenvalue weighted by Gasteiger charge is 2.11.